The highest BCUT2D eigenvalue weighted by Crippen LogP contribution is 2.38. The number of benzene rings is 2. The van der Waals surface area contributed by atoms with E-state index in [0.717, 1.165) is 10.5 Å². The Bertz CT molecular complexity index is 643. The molecule has 0 heterocycles. The van der Waals surface area contributed by atoms with Crippen molar-refractivity contribution in [2.75, 3.05) is 7.11 Å². The maximum Gasteiger partial charge on any atom is 0.416 e. The first-order valence-corrected chi connectivity index (χ1v) is 6.89. The Morgan fingerprint density at radius 3 is 2.38 bits per heavy atom. The molecule has 2 aromatic rings. The molecule has 0 amide bonds. The lowest BCUT2D eigenvalue weighted by molar-refractivity contribution is -0.138. The van der Waals surface area contributed by atoms with Gasteiger partial charge in [0.25, 0.3) is 0 Å². The second kappa shape index (κ2) is 6.07. The molecule has 0 bridgehead atoms. The fourth-order valence-corrected chi connectivity index (χ4v) is 2.48. The van der Waals surface area contributed by atoms with E-state index < -0.39 is 17.8 Å². The van der Waals surface area contributed by atoms with Crippen LogP contribution in [-0.4, -0.2) is 7.11 Å². The smallest absolute Gasteiger partial charge is 0.416 e. The molecule has 2 N–H and O–H groups in total. The maximum absolute atomic E-state index is 13.1. The first-order chi connectivity index (χ1) is 9.84. The summed E-state index contributed by atoms with van der Waals surface area (Å²) in [5, 5.41) is 0. The van der Waals surface area contributed by atoms with E-state index in [1.807, 2.05) is 0 Å². The van der Waals surface area contributed by atoms with Crippen molar-refractivity contribution in [1.82, 2.24) is 0 Å². The molecule has 2 rings (SSSR count). The maximum atomic E-state index is 13.1. The third-order valence-electron chi connectivity index (χ3n) is 3.13. The van der Waals surface area contributed by atoms with Crippen molar-refractivity contribution in [2.24, 2.45) is 5.73 Å². The molecule has 21 heavy (non-hydrogen) atoms. The quantitative estimate of drug-likeness (QED) is 0.873. The van der Waals surface area contributed by atoms with Gasteiger partial charge in [-0.2, -0.15) is 13.2 Å². The van der Waals surface area contributed by atoms with Crippen LogP contribution in [0.2, 0.25) is 0 Å². The Morgan fingerprint density at radius 1 is 1.10 bits per heavy atom. The number of ether oxygens (including phenoxy) is 1. The Labute approximate surface area is 128 Å². The Hall–Kier alpha value is -1.53. The standard InChI is InChI=1S/C15H13BrF3NO/c1-21-13-8-9(16)6-7-11(13)14(20)10-4-2-3-5-12(10)15(17,18)19/h2-8,14H,20H2,1H3. The van der Waals surface area contributed by atoms with Crippen LogP contribution in [0.25, 0.3) is 0 Å². The fourth-order valence-electron chi connectivity index (χ4n) is 2.14. The zero-order chi connectivity index (χ0) is 15.6. The van der Waals surface area contributed by atoms with E-state index >= 15 is 0 Å². The predicted molar refractivity (Wildman–Crippen MR) is 78.2 cm³/mol. The van der Waals surface area contributed by atoms with Crippen LogP contribution in [0.1, 0.15) is 22.7 Å². The van der Waals surface area contributed by atoms with E-state index in [4.69, 9.17) is 10.5 Å². The van der Waals surface area contributed by atoms with Gasteiger partial charge in [0, 0.05) is 10.0 Å². The number of hydrogen-bond donors (Lipinski definition) is 1. The van der Waals surface area contributed by atoms with E-state index in [0.29, 0.717) is 11.3 Å². The average Bonchev–Trinajstić information content (AvgIpc) is 2.45. The van der Waals surface area contributed by atoms with Gasteiger partial charge in [-0.1, -0.05) is 40.2 Å². The molecule has 0 aliphatic heterocycles. The van der Waals surface area contributed by atoms with Gasteiger partial charge in [0.15, 0.2) is 0 Å². The summed E-state index contributed by atoms with van der Waals surface area (Å²) >= 11 is 3.29. The molecule has 0 fully saturated rings. The molecule has 1 unspecified atom stereocenters. The van der Waals surface area contributed by atoms with Crippen LogP contribution in [0.15, 0.2) is 46.9 Å². The Morgan fingerprint density at radius 2 is 1.76 bits per heavy atom. The van der Waals surface area contributed by atoms with Gasteiger partial charge in [-0.3, -0.25) is 0 Å². The number of alkyl halides is 3. The van der Waals surface area contributed by atoms with Gasteiger partial charge in [0.1, 0.15) is 5.75 Å². The first kappa shape index (κ1) is 15.9. The van der Waals surface area contributed by atoms with E-state index in [1.165, 1.54) is 25.3 Å². The molecule has 2 nitrogen and oxygen atoms in total. The zero-order valence-corrected chi connectivity index (χ0v) is 12.7. The number of methoxy groups -OCH3 is 1. The predicted octanol–water partition coefficient (Wildman–Crippen LogP) is 4.52. The minimum atomic E-state index is -4.45. The van der Waals surface area contributed by atoms with Crippen LogP contribution in [0.4, 0.5) is 13.2 Å². The average molecular weight is 360 g/mol. The lowest BCUT2D eigenvalue weighted by Crippen LogP contribution is -2.19. The van der Waals surface area contributed by atoms with Gasteiger partial charge in [-0.25, -0.2) is 0 Å². The Balaban J connectivity index is 2.53. The first-order valence-electron chi connectivity index (χ1n) is 6.09. The Kier molecular flexibility index (Phi) is 4.58. The number of halogens is 4. The summed E-state index contributed by atoms with van der Waals surface area (Å²) in [6.45, 7) is 0. The van der Waals surface area contributed by atoms with Crippen LogP contribution in [0.5, 0.6) is 5.75 Å². The van der Waals surface area contributed by atoms with Crippen molar-refractivity contribution in [1.29, 1.82) is 0 Å². The summed E-state index contributed by atoms with van der Waals surface area (Å²) in [6.07, 6.45) is -4.45. The largest absolute Gasteiger partial charge is 0.496 e. The highest BCUT2D eigenvalue weighted by molar-refractivity contribution is 9.10. The SMILES string of the molecule is COc1cc(Br)ccc1C(N)c1ccccc1C(F)(F)F. The van der Waals surface area contributed by atoms with E-state index in [2.05, 4.69) is 15.9 Å². The molecule has 1 atom stereocenters. The van der Waals surface area contributed by atoms with Gasteiger partial charge in [0.2, 0.25) is 0 Å². The molecule has 0 saturated heterocycles. The number of hydrogen-bond acceptors (Lipinski definition) is 2. The van der Waals surface area contributed by atoms with Crippen molar-refractivity contribution in [3.05, 3.63) is 63.6 Å². The molecule has 2 aromatic carbocycles. The summed E-state index contributed by atoms with van der Waals surface area (Å²) in [4.78, 5) is 0. The highest BCUT2D eigenvalue weighted by Gasteiger charge is 2.34. The number of nitrogens with two attached hydrogens (primary N) is 1. The molecule has 0 aliphatic rings. The van der Waals surface area contributed by atoms with Gasteiger partial charge < -0.3 is 10.5 Å². The minimum Gasteiger partial charge on any atom is -0.496 e. The highest BCUT2D eigenvalue weighted by atomic mass is 79.9. The van der Waals surface area contributed by atoms with E-state index in [9.17, 15) is 13.2 Å². The molecule has 0 radical (unpaired) electrons. The number of rotatable bonds is 3. The van der Waals surface area contributed by atoms with E-state index in [1.54, 1.807) is 18.2 Å². The van der Waals surface area contributed by atoms with Crippen molar-refractivity contribution in [3.63, 3.8) is 0 Å². The van der Waals surface area contributed by atoms with Crippen molar-refractivity contribution < 1.29 is 17.9 Å². The van der Waals surface area contributed by atoms with Crippen molar-refractivity contribution in [3.8, 4) is 5.75 Å². The summed E-state index contributed by atoms with van der Waals surface area (Å²) < 4.78 is 45.2. The summed E-state index contributed by atoms with van der Waals surface area (Å²) in [5.41, 5.74) is 5.83. The lowest BCUT2D eigenvalue weighted by atomic mass is 9.94. The fraction of sp³-hybridized carbons (Fsp3) is 0.200. The van der Waals surface area contributed by atoms with Gasteiger partial charge >= 0.3 is 6.18 Å². The van der Waals surface area contributed by atoms with Gasteiger partial charge in [-0.05, 0) is 23.8 Å². The van der Waals surface area contributed by atoms with Crippen LogP contribution < -0.4 is 10.5 Å². The second-order valence-corrected chi connectivity index (χ2v) is 5.36. The van der Waals surface area contributed by atoms with Gasteiger partial charge in [0.05, 0.1) is 18.7 Å². The third-order valence-corrected chi connectivity index (χ3v) is 3.63. The molecule has 0 aromatic heterocycles. The summed E-state index contributed by atoms with van der Waals surface area (Å²) in [6, 6.07) is 9.41. The normalized spacial score (nSPS) is 13.0. The monoisotopic (exact) mass is 359 g/mol. The lowest BCUT2D eigenvalue weighted by Gasteiger charge is -2.20. The molecule has 0 spiro atoms. The second-order valence-electron chi connectivity index (χ2n) is 4.45. The molecule has 112 valence electrons. The summed E-state index contributed by atoms with van der Waals surface area (Å²) in [5.74, 6) is 0.439. The topological polar surface area (TPSA) is 35.2 Å². The molecule has 0 aliphatic carbocycles. The van der Waals surface area contributed by atoms with Crippen molar-refractivity contribution >= 4 is 15.9 Å². The molecular formula is C15H13BrF3NO. The summed E-state index contributed by atoms with van der Waals surface area (Å²) in [7, 11) is 1.45. The molecular weight excluding hydrogens is 347 g/mol. The third kappa shape index (κ3) is 3.39. The minimum absolute atomic E-state index is 0.0191. The van der Waals surface area contributed by atoms with Crippen LogP contribution >= 0.6 is 15.9 Å². The van der Waals surface area contributed by atoms with E-state index in [-0.39, 0.29) is 5.56 Å². The molecule has 0 saturated carbocycles. The van der Waals surface area contributed by atoms with Crippen LogP contribution in [-0.2, 0) is 6.18 Å². The van der Waals surface area contributed by atoms with Gasteiger partial charge in [-0.15, -0.1) is 0 Å². The molecule has 6 heteroatoms. The zero-order valence-electron chi connectivity index (χ0n) is 11.1. The van der Waals surface area contributed by atoms with Crippen LogP contribution in [0.3, 0.4) is 0 Å². The van der Waals surface area contributed by atoms with Crippen LogP contribution in [0, 0.1) is 0 Å². The van der Waals surface area contributed by atoms with Crippen molar-refractivity contribution in [2.45, 2.75) is 12.2 Å².